The first-order chi connectivity index (χ1) is 12.4. The molecular weight excluding hydrogens is 328 g/mol. The van der Waals surface area contributed by atoms with Crippen LogP contribution in [0, 0.1) is 13.8 Å². The molecule has 0 aliphatic carbocycles. The number of benzene rings is 2. The highest BCUT2D eigenvalue weighted by Crippen LogP contribution is 2.32. The fourth-order valence-corrected chi connectivity index (χ4v) is 3.40. The summed E-state index contributed by atoms with van der Waals surface area (Å²) < 4.78 is 0. The molecule has 1 N–H and O–H groups in total. The summed E-state index contributed by atoms with van der Waals surface area (Å²) in [6.07, 6.45) is 0.412. The van der Waals surface area contributed by atoms with E-state index in [0.717, 1.165) is 21.6 Å². The number of rotatable bonds is 5. The van der Waals surface area contributed by atoms with Gasteiger partial charge in [0.05, 0.1) is 6.54 Å². The quantitative estimate of drug-likeness (QED) is 0.664. The summed E-state index contributed by atoms with van der Waals surface area (Å²) in [6.45, 7) is 5.34. The Morgan fingerprint density at radius 1 is 1.08 bits per heavy atom. The van der Waals surface area contributed by atoms with Crippen molar-refractivity contribution in [1.29, 1.82) is 0 Å². The number of ketones is 1. The van der Waals surface area contributed by atoms with Crippen molar-refractivity contribution in [2.75, 3.05) is 6.54 Å². The predicted molar refractivity (Wildman–Crippen MR) is 98.9 cm³/mol. The minimum Gasteiger partial charge on any atom is -0.319 e. The lowest BCUT2D eigenvalue weighted by Crippen LogP contribution is -2.43. The number of hydrogen-bond donors (Lipinski definition) is 1. The SMILES string of the molecule is CC[C@]1(c2ccccc2)NC(=O)N(CC(=O)c2cc(C)ccc2C)C1=O. The van der Waals surface area contributed by atoms with Gasteiger partial charge in [0, 0.05) is 5.56 Å². The van der Waals surface area contributed by atoms with Crippen LogP contribution in [0.5, 0.6) is 0 Å². The fraction of sp³-hybridized carbons (Fsp3) is 0.286. The summed E-state index contributed by atoms with van der Waals surface area (Å²) in [4.78, 5) is 39.3. The van der Waals surface area contributed by atoms with Gasteiger partial charge in [-0.1, -0.05) is 55.0 Å². The predicted octanol–water partition coefficient (Wildman–Crippen LogP) is 3.34. The Labute approximate surface area is 153 Å². The van der Waals surface area contributed by atoms with E-state index in [1.807, 2.05) is 63.2 Å². The van der Waals surface area contributed by atoms with Crippen LogP contribution in [0.3, 0.4) is 0 Å². The molecule has 1 aliphatic rings. The number of nitrogens with zero attached hydrogens (tertiary/aromatic N) is 1. The molecule has 5 nitrogen and oxygen atoms in total. The second-order valence-corrected chi connectivity index (χ2v) is 6.69. The van der Waals surface area contributed by atoms with E-state index in [1.54, 1.807) is 6.07 Å². The van der Waals surface area contributed by atoms with E-state index in [2.05, 4.69) is 5.32 Å². The number of aryl methyl sites for hydroxylation is 2. The van der Waals surface area contributed by atoms with E-state index in [4.69, 9.17) is 0 Å². The number of urea groups is 1. The van der Waals surface area contributed by atoms with Gasteiger partial charge < -0.3 is 5.32 Å². The lowest BCUT2D eigenvalue weighted by Gasteiger charge is -2.25. The lowest BCUT2D eigenvalue weighted by molar-refractivity contribution is -0.131. The van der Waals surface area contributed by atoms with Crippen LogP contribution in [0.1, 0.15) is 40.4 Å². The molecule has 1 aliphatic heterocycles. The third kappa shape index (κ3) is 2.90. The number of Topliss-reactive ketones (excluding diaryl/α,β-unsaturated/α-hetero) is 1. The van der Waals surface area contributed by atoms with Crippen molar-refractivity contribution in [2.45, 2.75) is 32.7 Å². The number of imide groups is 1. The number of carbonyl (C=O) groups is 3. The van der Waals surface area contributed by atoms with Gasteiger partial charge in [0.25, 0.3) is 5.91 Å². The van der Waals surface area contributed by atoms with Gasteiger partial charge in [0.2, 0.25) is 0 Å². The number of carbonyl (C=O) groups excluding carboxylic acids is 3. The Balaban J connectivity index is 1.90. The fourth-order valence-electron chi connectivity index (χ4n) is 3.40. The highest BCUT2D eigenvalue weighted by atomic mass is 16.2. The number of nitrogens with one attached hydrogen (secondary N) is 1. The van der Waals surface area contributed by atoms with Crippen LogP contribution < -0.4 is 5.32 Å². The minimum absolute atomic E-state index is 0.241. The molecule has 1 heterocycles. The van der Waals surface area contributed by atoms with Crippen molar-refractivity contribution in [2.24, 2.45) is 0 Å². The van der Waals surface area contributed by atoms with Gasteiger partial charge in [-0.05, 0) is 37.5 Å². The molecule has 1 fully saturated rings. The van der Waals surface area contributed by atoms with Crippen molar-refractivity contribution in [3.8, 4) is 0 Å². The first-order valence-electron chi connectivity index (χ1n) is 8.69. The summed E-state index contributed by atoms with van der Waals surface area (Å²) in [7, 11) is 0. The first kappa shape index (κ1) is 17.9. The normalized spacial score (nSPS) is 19.6. The number of hydrogen-bond acceptors (Lipinski definition) is 3. The van der Waals surface area contributed by atoms with Gasteiger partial charge in [0.15, 0.2) is 5.78 Å². The second kappa shape index (κ2) is 6.75. The molecule has 0 spiro atoms. The molecule has 5 heteroatoms. The average molecular weight is 350 g/mol. The van der Waals surface area contributed by atoms with Crippen LogP contribution in [0.2, 0.25) is 0 Å². The molecule has 1 atom stereocenters. The largest absolute Gasteiger partial charge is 0.325 e. The summed E-state index contributed by atoms with van der Waals surface area (Å²) >= 11 is 0. The van der Waals surface area contributed by atoms with Crippen molar-refractivity contribution in [3.05, 3.63) is 70.8 Å². The van der Waals surface area contributed by atoms with E-state index in [1.165, 1.54) is 0 Å². The smallest absolute Gasteiger partial charge is 0.319 e. The van der Waals surface area contributed by atoms with E-state index in [-0.39, 0.29) is 18.2 Å². The second-order valence-electron chi connectivity index (χ2n) is 6.69. The Bertz CT molecular complexity index is 876. The van der Waals surface area contributed by atoms with Gasteiger partial charge >= 0.3 is 6.03 Å². The maximum absolute atomic E-state index is 13.1. The molecule has 0 saturated carbocycles. The maximum Gasteiger partial charge on any atom is 0.325 e. The zero-order valence-corrected chi connectivity index (χ0v) is 15.2. The van der Waals surface area contributed by atoms with Gasteiger partial charge in [0.1, 0.15) is 5.54 Å². The lowest BCUT2D eigenvalue weighted by atomic mass is 9.87. The van der Waals surface area contributed by atoms with Crippen molar-refractivity contribution < 1.29 is 14.4 Å². The molecule has 26 heavy (non-hydrogen) atoms. The van der Waals surface area contributed by atoms with Crippen LogP contribution in [0.15, 0.2) is 48.5 Å². The van der Waals surface area contributed by atoms with Gasteiger partial charge in [-0.15, -0.1) is 0 Å². The Morgan fingerprint density at radius 2 is 1.77 bits per heavy atom. The summed E-state index contributed by atoms with van der Waals surface area (Å²) in [5.74, 6) is -0.621. The Kier molecular flexibility index (Phi) is 4.64. The van der Waals surface area contributed by atoms with E-state index < -0.39 is 11.6 Å². The van der Waals surface area contributed by atoms with Crippen molar-refractivity contribution in [1.82, 2.24) is 10.2 Å². The van der Waals surface area contributed by atoms with Crippen LogP contribution >= 0.6 is 0 Å². The molecule has 134 valence electrons. The third-order valence-corrected chi connectivity index (χ3v) is 4.97. The van der Waals surface area contributed by atoms with Crippen LogP contribution in [-0.4, -0.2) is 29.2 Å². The molecule has 2 aromatic rings. The first-order valence-corrected chi connectivity index (χ1v) is 8.69. The van der Waals surface area contributed by atoms with Gasteiger partial charge in [-0.3, -0.25) is 14.5 Å². The zero-order valence-electron chi connectivity index (χ0n) is 15.2. The summed E-state index contributed by atoms with van der Waals surface area (Å²) in [5, 5.41) is 2.80. The monoisotopic (exact) mass is 350 g/mol. The van der Waals surface area contributed by atoms with E-state index in [0.29, 0.717) is 12.0 Å². The maximum atomic E-state index is 13.1. The molecule has 0 bridgehead atoms. The number of amides is 3. The van der Waals surface area contributed by atoms with Crippen molar-refractivity contribution in [3.63, 3.8) is 0 Å². The Hall–Kier alpha value is -2.95. The molecular formula is C21H22N2O3. The molecule has 3 rings (SSSR count). The van der Waals surface area contributed by atoms with E-state index in [9.17, 15) is 14.4 Å². The molecule has 2 aromatic carbocycles. The van der Waals surface area contributed by atoms with Crippen molar-refractivity contribution >= 4 is 17.7 Å². The molecule has 0 aromatic heterocycles. The topological polar surface area (TPSA) is 66.5 Å². The van der Waals surface area contributed by atoms with Crippen LogP contribution in [0.4, 0.5) is 4.79 Å². The molecule has 3 amide bonds. The summed E-state index contributed by atoms with van der Waals surface area (Å²) in [6, 6.07) is 14.2. The van der Waals surface area contributed by atoms with Crippen LogP contribution in [0.25, 0.3) is 0 Å². The average Bonchev–Trinajstić information content (AvgIpc) is 2.89. The summed E-state index contributed by atoms with van der Waals surface area (Å²) in [5.41, 5.74) is 1.95. The zero-order chi connectivity index (χ0) is 18.9. The van der Waals surface area contributed by atoms with Crippen LogP contribution in [-0.2, 0) is 10.3 Å². The molecule has 0 radical (unpaired) electrons. The Morgan fingerprint density at radius 3 is 2.42 bits per heavy atom. The van der Waals surface area contributed by atoms with Gasteiger partial charge in [-0.2, -0.15) is 0 Å². The highest BCUT2D eigenvalue weighted by molar-refractivity contribution is 6.11. The standard InChI is InChI=1S/C21H22N2O3/c1-4-21(16-8-6-5-7-9-16)19(25)23(20(26)22-21)13-18(24)17-12-14(2)10-11-15(17)3/h5-12H,4,13H2,1-3H3,(H,22,26)/t21-/m1/s1. The third-order valence-electron chi connectivity index (χ3n) is 4.97. The molecule has 1 saturated heterocycles. The highest BCUT2D eigenvalue weighted by Gasteiger charge is 2.51. The van der Waals surface area contributed by atoms with E-state index >= 15 is 0 Å². The minimum atomic E-state index is -1.11. The van der Waals surface area contributed by atoms with Gasteiger partial charge in [-0.25, -0.2) is 4.79 Å². The molecule has 0 unspecified atom stereocenters.